The molecule has 0 saturated carbocycles. The Morgan fingerprint density at radius 3 is 2.60 bits per heavy atom. The fourth-order valence-corrected chi connectivity index (χ4v) is 2.50. The SMILES string of the molecule is CCC1C(=O)NC(=O)CN1S(=O)(=O)NC. The van der Waals surface area contributed by atoms with E-state index < -0.39 is 28.1 Å². The van der Waals surface area contributed by atoms with Gasteiger partial charge in [0.15, 0.2) is 0 Å². The summed E-state index contributed by atoms with van der Waals surface area (Å²) in [7, 11) is -2.51. The van der Waals surface area contributed by atoms with Crippen molar-refractivity contribution in [2.75, 3.05) is 13.6 Å². The first kappa shape index (κ1) is 12.1. The Morgan fingerprint density at radius 1 is 1.53 bits per heavy atom. The number of nitrogens with zero attached hydrogens (tertiary/aromatic N) is 1. The molecule has 1 aliphatic rings. The van der Waals surface area contributed by atoms with E-state index in [1.165, 1.54) is 7.05 Å². The summed E-state index contributed by atoms with van der Waals surface area (Å²) in [5.41, 5.74) is 0. The molecule has 86 valence electrons. The van der Waals surface area contributed by atoms with Crippen molar-refractivity contribution in [2.45, 2.75) is 19.4 Å². The molecule has 8 heteroatoms. The van der Waals surface area contributed by atoms with Gasteiger partial charge < -0.3 is 0 Å². The van der Waals surface area contributed by atoms with Crippen molar-refractivity contribution in [2.24, 2.45) is 0 Å². The molecule has 0 radical (unpaired) electrons. The van der Waals surface area contributed by atoms with E-state index in [0.717, 1.165) is 4.31 Å². The van der Waals surface area contributed by atoms with E-state index in [4.69, 9.17) is 0 Å². The van der Waals surface area contributed by atoms with Gasteiger partial charge in [-0.3, -0.25) is 14.9 Å². The third kappa shape index (κ3) is 2.33. The molecular weight excluding hydrogens is 222 g/mol. The molecule has 2 N–H and O–H groups in total. The van der Waals surface area contributed by atoms with E-state index in [1.54, 1.807) is 6.92 Å². The largest absolute Gasteiger partial charge is 0.294 e. The minimum absolute atomic E-state index is 0.319. The van der Waals surface area contributed by atoms with Gasteiger partial charge in [0.05, 0.1) is 6.54 Å². The lowest BCUT2D eigenvalue weighted by Gasteiger charge is -2.31. The predicted octanol–water partition coefficient (Wildman–Crippen LogP) is -1.81. The Labute approximate surface area is 88.0 Å². The molecule has 1 aliphatic heterocycles. The van der Waals surface area contributed by atoms with Crippen molar-refractivity contribution in [3.05, 3.63) is 0 Å². The number of rotatable bonds is 3. The second kappa shape index (κ2) is 4.25. The average molecular weight is 235 g/mol. The van der Waals surface area contributed by atoms with Gasteiger partial charge in [-0.25, -0.2) is 4.72 Å². The van der Waals surface area contributed by atoms with Crippen molar-refractivity contribution in [3.8, 4) is 0 Å². The molecular formula is C7H13N3O4S. The van der Waals surface area contributed by atoms with E-state index >= 15 is 0 Å². The molecule has 1 fully saturated rings. The number of amides is 2. The number of hydrogen-bond acceptors (Lipinski definition) is 4. The first-order valence-electron chi connectivity index (χ1n) is 4.46. The van der Waals surface area contributed by atoms with Crippen LogP contribution in [0.4, 0.5) is 0 Å². The van der Waals surface area contributed by atoms with Crippen LogP contribution in [0.15, 0.2) is 0 Å². The van der Waals surface area contributed by atoms with Crippen molar-refractivity contribution in [1.29, 1.82) is 0 Å². The predicted molar refractivity (Wildman–Crippen MR) is 51.9 cm³/mol. The third-order valence-corrected chi connectivity index (χ3v) is 3.68. The van der Waals surface area contributed by atoms with Crippen molar-refractivity contribution < 1.29 is 18.0 Å². The number of imide groups is 1. The standard InChI is InChI=1S/C7H13N3O4S/c1-3-5-7(12)9-6(11)4-10(5)15(13,14)8-2/h5,8H,3-4H2,1-2H3,(H,9,11,12). The quantitative estimate of drug-likeness (QED) is 0.563. The van der Waals surface area contributed by atoms with Crippen LogP contribution in [-0.4, -0.2) is 44.2 Å². The highest BCUT2D eigenvalue weighted by atomic mass is 32.2. The molecule has 0 aromatic rings. The normalized spacial score (nSPS) is 24.0. The molecule has 0 aromatic heterocycles. The summed E-state index contributed by atoms with van der Waals surface area (Å²) < 4.78 is 25.9. The second-order valence-electron chi connectivity index (χ2n) is 3.09. The molecule has 1 saturated heterocycles. The Balaban J connectivity index is 3.03. The highest BCUT2D eigenvalue weighted by molar-refractivity contribution is 7.87. The topological polar surface area (TPSA) is 95.6 Å². The van der Waals surface area contributed by atoms with E-state index in [-0.39, 0.29) is 6.54 Å². The maximum atomic E-state index is 11.5. The van der Waals surface area contributed by atoms with Gasteiger partial charge in [0.1, 0.15) is 6.04 Å². The number of piperazine rings is 1. The lowest BCUT2D eigenvalue weighted by Crippen LogP contribution is -2.61. The molecule has 1 rings (SSSR count). The molecule has 0 spiro atoms. The fourth-order valence-electron chi connectivity index (χ4n) is 1.40. The van der Waals surface area contributed by atoms with Gasteiger partial charge in [-0.05, 0) is 6.42 Å². The zero-order chi connectivity index (χ0) is 11.6. The molecule has 2 amide bonds. The first-order valence-corrected chi connectivity index (χ1v) is 5.90. The zero-order valence-electron chi connectivity index (χ0n) is 8.48. The van der Waals surface area contributed by atoms with E-state index in [0.29, 0.717) is 6.42 Å². The van der Waals surface area contributed by atoms with Crippen LogP contribution < -0.4 is 10.0 Å². The monoisotopic (exact) mass is 235 g/mol. The van der Waals surface area contributed by atoms with E-state index in [2.05, 4.69) is 10.0 Å². The third-order valence-electron chi connectivity index (χ3n) is 2.17. The molecule has 1 atom stereocenters. The summed E-state index contributed by atoms with van der Waals surface area (Å²) in [4.78, 5) is 22.4. The van der Waals surface area contributed by atoms with Crippen LogP contribution in [-0.2, 0) is 19.8 Å². The minimum Gasteiger partial charge on any atom is -0.294 e. The van der Waals surface area contributed by atoms with Gasteiger partial charge in [-0.15, -0.1) is 0 Å². The fraction of sp³-hybridized carbons (Fsp3) is 0.714. The van der Waals surface area contributed by atoms with Crippen molar-refractivity contribution in [1.82, 2.24) is 14.3 Å². The number of carbonyl (C=O) groups excluding carboxylic acids is 2. The molecule has 0 bridgehead atoms. The van der Waals surface area contributed by atoms with Gasteiger partial charge in [0.2, 0.25) is 11.8 Å². The number of nitrogens with one attached hydrogen (secondary N) is 2. The Kier molecular flexibility index (Phi) is 3.42. The van der Waals surface area contributed by atoms with Crippen LogP contribution in [0.5, 0.6) is 0 Å². The lowest BCUT2D eigenvalue weighted by atomic mass is 10.2. The minimum atomic E-state index is -3.75. The summed E-state index contributed by atoms with van der Waals surface area (Å²) in [6.07, 6.45) is 0.319. The summed E-state index contributed by atoms with van der Waals surface area (Å²) in [6, 6.07) is -0.819. The van der Waals surface area contributed by atoms with Crippen molar-refractivity contribution >= 4 is 22.0 Å². The highest BCUT2D eigenvalue weighted by Gasteiger charge is 2.39. The van der Waals surface area contributed by atoms with Gasteiger partial charge in [0.25, 0.3) is 10.2 Å². The maximum Gasteiger partial charge on any atom is 0.280 e. The van der Waals surface area contributed by atoms with Gasteiger partial charge in [0, 0.05) is 7.05 Å². The average Bonchev–Trinajstić information content (AvgIpc) is 2.16. The van der Waals surface area contributed by atoms with Gasteiger partial charge >= 0.3 is 0 Å². The van der Waals surface area contributed by atoms with Crippen LogP contribution in [0.3, 0.4) is 0 Å². The summed E-state index contributed by atoms with van der Waals surface area (Å²) in [5, 5.41) is 2.09. The van der Waals surface area contributed by atoms with E-state index in [9.17, 15) is 18.0 Å². The van der Waals surface area contributed by atoms with Crippen LogP contribution in [0.25, 0.3) is 0 Å². The molecule has 1 unspecified atom stereocenters. The van der Waals surface area contributed by atoms with Crippen LogP contribution in [0.2, 0.25) is 0 Å². The first-order chi connectivity index (χ1) is 6.92. The molecule has 7 nitrogen and oxygen atoms in total. The van der Waals surface area contributed by atoms with Gasteiger partial charge in [-0.1, -0.05) is 6.92 Å². The number of hydrogen-bond donors (Lipinski definition) is 2. The second-order valence-corrected chi connectivity index (χ2v) is 4.92. The Hall–Kier alpha value is -0.990. The summed E-state index contributed by atoms with van der Waals surface area (Å²) in [6.45, 7) is 1.35. The smallest absolute Gasteiger partial charge is 0.280 e. The molecule has 15 heavy (non-hydrogen) atoms. The highest BCUT2D eigenvalue weighted by Crippen LogP contribution is 2.12. The Bertz CT molecular complexity index is 378. The number of carbonyl (C=O) groups is 2. The maximum absolute atomic E-state index is 11.5. The molecule has 0 aliphatic carbocycles. The van der Waals surface area contributed by atoms with Crippen molar-refractivity contribution in [3.63, 3.8) is 0 Å². The zero-order valence-corrected chi connectivity index (χ0v) is 9.30. The lowest BCUT2D eigenvalue weighted by molar-refractivity contribution is -0.137. The van der Waals surface area contributed by atoms with E-state index in [1.807, 2.05) is 0 Å². The van der Waals surface area contributed by atoms with Crippen LogP contribution >= 0.6 is 0 Å². The van der Waals surface area contributed by atoms with Gasteiger partial charge in [-0.2, -0.15) is 12.7 Å². The molecule has 0 aromatic carbocycles. The summed E-state index contributed by atoms with van der Waals surface area (Å²) in [5.74, 6) is -1.18. The van der Waals surface area contributed by atoms with Crippen LogP contribution in [0, 0.1) is 0 Å². The Morgan fingerprint density at radius 2 is 2.13 bits per heavy atom. The van der Waals surface area contributed by atoms with Crippen LogP contribution in [0.1, 0.15) is 13.3 Å². The summed E-state index contributed by atoms with van der Waals surface area (Å²) >= 11 is 0. The molecule has 1 heterocycles.